The molecule has 2 aromatic heterocycles. The lowest BCUT2D eigenvalue weighted by atomic mass is 10.0. The van der Waals surface area contributed by atoms with Gasteiger partial charge >= 0.3 is 0 Å². The summed E-state index contributed by atoms with van der Waals surface area (Å²) in [6.45, 7) is 7.97. The summed E-state index contributed by atoms with van der Waals surface area (Å²) in [4.78, 5) is 166. The van der Waals surface area contributed by atoms with Crippen molar-refractivity contribution in [1.29, 1.82) is 0 Å². The Morgan fingerprint density at radius 3 is 1.19 bits per heavy atom. The summed E-state index contributed by atoms with van der Waals surface area (Å²) in [6, 6.07) is 16.6. The van der Waals surface area contributed by atoms with Crippen LogP contribution in [-0.4, -0.2) is 174 Å². The third kappa shape index (κ3) is 18.9. The molecular formula is C70H84N16O14. The minimum absolute atomic E-state index is 0.0117. The Morgan fingerprint density at radius 1 is 0.450 bits per heavy atom. The number of phenols is 2. The average molecular weight is 1370 g/mol. The molecule has 4 fully saturated rings. The van der Waals surface area contributed by atoms with E-state index < -0.39 is 144 Å². The number of aromatic hydroxyl groups is 2. The number of aromatic nitrogens is 2. The van der Waals surface area contributed by atoms with Gasteiger partial charge < -0.3 is 95.4 Å². The number of nitrogens with two attached hydrogens (primary N) is 4. The van der Waals surface area contributed by atoms with Crippen molar-refractivity contribution in [2.75, 3.05) is 13.1 Å². The molecular weight excluding hydrogens is 1290 g/mol. The Labute approximate surface area is 574 Å². The first-order valence-corrected chi connectivity index (χ1v) is 32.9. The van der Waals surface area contributed by atoms with Crippen LogP contribution in [0.3, 0.4) is 0 Å². The molecule has 30 heteroatoms. The summed E-state index contributed by atoms with van der Waals surface area (Å²) in [5, 5.41) is 43.1. The number of hydrogen-bond donors (Lipinski definition) is 16. The van der Waals surface area contributed by atoms with Gasteiger partial charge in [0, 0.05) is 84.4 Å². The quantitative estimate of drug-likeness (QED) is 0.0293. The minimum Gasteiger partial charge on any atom is -0.508 e. The Bertz CT molecular complexity index is 4100. The number of primary amides is 4. The van der Waals surface area contributed by atoms with E-state index in [-0.39, 0.29) is 63.1 Å². The molecule has 10 atom stereocenters. The van der Waals surface area contributed by atoms with Gasteiger partial charge in [0.2, 0.25) is 70.9 Å². The lowest BCUT2D eigenvalue weighted by molar-refractivity contribution is -0.143. The number of carbonyl (C=O) groups excluding carboxylic acids is 12. The molecule has 20 N–H and O–H groups in total. The molecule has 528 valence electrons. The number of likely N-dealkylation sites (tertiary alicyclic amines) is 2. The number of benzene rings is 4. The van der Waals surface area contributed by atoms with E-state index in [9.17, 15) is 67.7 Å². The van der Waals surface area contributed by atoms with Crippen molar-refractivity contribution < 1.29 is 67.7 Å². The summed E-state index contributed by atoms with van der Waals surface area (Å²) >= 11 is 0. The summed E-state index contributed by atoms with van der Waals surface area (Å²) in [5.74, 6) is -8.04. The van der Waals surface area contributed by atoms with Crippen LogP contribution in [0.1, 0.15) is 86.5 Å². The van der Waals surface area contributed by atoms with Gasteiger partial charge in [0.05, 0.1) is 12.8 Å². The van der Waals surface area contributed by atoms with E-state index in [2.05, 4.69) is 65.7 Å². The van der Waals surface area contributed by atoms with Crippen LogP contribution in [0.15, 0.2) is 134 Å². The first kappa shape index (κ1) is 72.5. The summed E-state index contributed by atoms with van der Waals surface area (Å²) < 4.78 is 0. The largest absolute Gasteiger partial charge is 0.508 e. The van der Waals surface area contributed by atoms with Gasteiger partial charge in [-0.2, -0.15) is 0 Å². The Balaban J connectivity index is 0.000000233. The molecule has 4 saturated heterocycles. The molecule has 4 aliphatic rings. The van der Waals surface area contributed by atoms with Crippen LogP contribution in [0.2, 0.25) is 0 Å². The Hall–Kier alpha value is -11.7. The molecule has 0 saturated carbocycles. The number of nitrogens with one attached hydrogen (secondary N) is 10. The summed E-state index contributed by atoms with van der Waals surface area (Å²) in [5.41, 5.74) is 28.0. The third-order valence-electron chi connectivity index (χ3n) is 18.1. The van der Waals surface area contributed by atoms with Crippen LogP contribution in [0, 0.1) is 0 Å². The lowest BCUT2D eigenvalue weighted by Gasteiger charge is -2.30. The first-order valence-electron chi connectivity index (χ1n) is 32.9. The van der Waals surface area contributed by atoms with Gasteiger partial charge in [-0.05, 0) is 110 Å². The van der Waals surface area contributed by atoms with Gasteiger partial charge in [-0.25, -0.2) is 0 Å². The molecule has 0 aliphatic carbocycles. The number of phenolic OH excluding ortho intramolecular Hbond substituents is 2. The van der Waals surface area contributed by atoms with Gasteiger partial charge in [-0.15, -0.1) is 0 Å². The standard InChI is InChI=1S/2C35H42N8O7/c1-19-8-13-25(39-19)32(47)42-28(17-30(36)45)35(50)43-14-4-7-29(43)34(49)41-27(15-20-9-11-22(44)12-10-20)33(48)40-26(31(37)46)16-21-18-38-24-6-3-2-5-23(21)24;1-19-8-13-25(39-19)32(47)42-28(17-30(36)45)35(50)43-14-4-7-29(43)34(49)41-27(16-21-18-38-24-6-3-2-5-23(21)24)33(48)40-26(31(37)46)15-20-9-11-22(44)12-10-20/h2*2-3,5-6,9-12,18,25-29,38-39,44H,1,4,7-8,13-17H2,(H2,36,45)(H2,37,46)(H,40,48)(H,41,49)(H,42,47). The third-order valence-corrected chi connectivity index (χ3v) is 18.1. The Kier molecular flexibility index (Phi) is 24.0. The summed E-state index contributed by atoms with van der Waals surface area (Å²) in [6.07, 6.45) is 6.24. The maximum absolute atomic E-state index is 13.9. The average Bonchev–Trinajstić information content (AvgIpc) is 1.66. The predicted octanol–water partition coefficient (Wildman–Crippen LogP) is -0.539. The van der Waals surface area contributed by atoms with E-state index in [1.807, 2.05) is 48.5 Å². The van der Waals surface area contributed by atoms with E-state index in [4.69, 9.17) is 22.9 Å². The number of amides is 12. The number of nitrogens with zero attached hydrogens (tertiary/aromatic N) is 2. The molecule has 12 amide bonds. The molecule has 10 rings (SSSR count). The second-order valence-corrected chi connectivity index (χ2v) is 25.4. The van der Waals surface area contributed by atoms with Crippen molar-refractivity contribution in [3.63, 3.8) is 0 Å². The fourth-order valence-electron chi connectivity index (χ4n) is 12.9. The molecule has 4 aromatic carbocycles. The van der Waals surface area contributed by atoms with Crippen LogP contribution >= 0.6 is 0 Å². The highest BCUT2D eigenvalue weighted by Gasteiger charge is 2.43. The van der Waals surface area contributed by atoms with Crippen molar-refractivity contribution in [1.82, 2.24) is 62.3 Å². The fraction of sp³-hybridized carbons (Fsp3) is 0.371. The van der Waals surface area contributed by atoms with Crippen molar-refractivity contribution in [3.8, 4) is 11.5 Å². The van der Waals surface area contributed by atoms with Crippen LogP contribution in [0.5, 0.6) is 11.5 Å². The zero-order valence-corrected chi connectivity index (χ0v) is 54.9. The molecule has 30 nitrogen and oxygen atoms in total. The SMILES string of the molecule is C=C1CCC(C(=O)NC(CC(N)=O)C(=O)N2CCCC2C(=O)NC(Cc2c[nH]c3ccccc23)C(=O)NC(Cc2ccc(O)cc2)C(N)=O)N1.C=C1CCC(C(=O)NC(CC(N)=O)C(=O)N2CCCC2C(=O)NC(Cc2ccc(O)cc2)C(=O)NC(Cc2c[nH]c3ccccc23)C(N)=O)N1. The van der Waals surface area contributed by atoms with E-state index >= 15 is 0 Å². The minimum atomic E-state index is -1.30. The second-order valence-electron chi connectivity index (χ2n) is 25.4. The predicted molar refractivity (Wildman–Crippen MR) is 365 cm³/mol. The lowest BCUT2D eigenvalue weighted by Crippen LogP contribution is -2.59. The van der Waals surface area contributed by atoms with Gasteiger partial charge in [-0.1, -0.05) is 73.8 Å². The molecule has 4 aliphatic heterocycles. The molecule has 0 radical (unpaired) electrons. The number of rotatable bonds is 28. The van der Waals surface area contributed by atoms with Crippen molar-refractivity contribution in [2.24, 2.45) is 22.9 Å². The van der Waals surface area contributed by atoms with E-state index in [0.29, 0.717) is 61.0 Å². The van der Waals surface area contributed by atoms with Crippen molar-refractivity contribution in [2.45, 2.75) is 150 Å². The number of hydrogen-bond acceptors (Lipinski definition) is 16. The molecule has 10 unspecified atom stereocenters. The van der Waals surface area contributed by atoms with Gasteiger partial charge in [0.25, 0.3) is 0 Å². The second kappa shape index (κ2) is 33.0. The zero-order chi connectivity index (χ0) is 71.9. The highest BCUT2D eigenvalue weighted by atomic mass is 16.3. The van der Waals surface area contributed by atoms with E-state index in [0.717, 1.165) is 32.9 Å². The monoisotopic (exact) mass is 1370 g/mol. The van der Waals surface area contributed by atoms with Crippen LogP contribution in [-0.2, 0) is 83.2 Å². The summed E-state index contributed by atoms with van der Waals surface area (Å²) in [7, 11) is 0. The van der Waals surface area contributed by atoms with E-state index in [1.165, 1.54) is 34.1 Å². The maximum Gasteiger partial charge on any atom is 0.246 e. The van der Waals surface area contributed by atoms with Gasteiger partial charge in [-0.3, -0.25) is 57.5 Å². The number of allylic oxidation sites excluding steroid dienone is 2. The van der Waals surface area contributed by atoms with Crippen molar-refractivity contribution in [3.05, 3.63) is 156 Å². The van der Waals surface area contributed by atoms with Gasteiger partial charge in [0.15, 0.2) is 0 Å². The van der Waals surface area contributed by atoms with Crippen LogP contribution < -0.4 is 65.5 Å². The molecule has 0 spiro atoms. The molecule has 100 heavy (non-hydrogen) atoms. The number of H-pyrrole nitrogens is 2. The normalized spacial score (nSPS) is 18.9. The molecule has 0 bridgehead atoms. The van der Waals surface area contributed by atoms with Gasteiger partial charge in [0.1, 0.15) is 71.9 Å². The number of fused-ring (bicyclic) bond motifs is 2. The fourth-order valence-corrected chi connectivity index (χ4v) is 12.9. The van der Waals surface area contributed by atoms with Crippen molar-refractivity contribution >= 4 is 92.7 Å². The first-order chi connectivity index (χ1) is 47.8. The highest BCUT2D eigenvalue weighted by molar-refractivity contribution is 6.00. The van der Waals surface area contributed by atoms with Crippen LogP contribution in [0.25, 0.3) is 21.8 Å². The maximum atomic E-state index is 13.9. The van der Waals surface area contributed by atoms with Crippen LogP contribution in [0.4, 0.5) is 0 Å². The highest BCUT2D eigenvalue weighted by Crippen LogP contribution is 2.26. The smallest absolute Gasteiger partial charge is 0.246 e. The zero-order valence-electron chi connectivity index (χ0n) is 54.9. The number of carbonyl (C=O) groups is 12. The Morgan fingerprint density at radius 2 is 0.810 bits per heavy atom. The number of aromatic amines is 2. The number of para-hydroxylation sites is 2. The molecule has 6 heterocycles. The molecule has 6 aromatic rings. The van der Waals surface area contributed by atoms with E-state index in [1.54, 1.807) is 36.7 Å². The topological polar surface area (TPSA) is 484 Å².